The quantitative estimate of drug-likeness (QED) is 0.325. The van der Waals surface area contributed by atoms with Crippen molar-refractivity contribution in [3.05, 3.63) is 65.0 Å². The van der Waals surface area contributed by atoms with Crippen LogP contribution in [0.2, 0.25) is 0 Å². The number of halogens is 1. The highest BCUT2D eigenvalue weighted by Gasteiger charge is 2.31. The van der Waals surface area contributed by atoms with Crippen molar-refractivity contribution in [2.45, 2.75) is 4.90 Å². The minimum Gasteiger partial charge on any atom is -0.478 e. The Morgan fingerprint density at radius 2 is 1.97 bits per heavy atom. The average Bonchev–Trinajstić information content (AvgIpc) is 3.39. The summed E-state index contributed by atoms with van der Waals surface area (Å²) in [5.41, 5.74) is 1.33. The second kappa shape index (κ2) is 9.38. The van der Waals surface area contributed by atoms with Crippen molar-refractivity contribution in [1.82, 2.24) is 19.3 Å². The Hall–Kier alpha value is -3.32. The molecule has 1 aliphatic rings. The predicted octanol–water partition coefficient (Wildman–Crippen LogP) is 3.85. The number of anilines is 2. The van der Waals surface area contributed by atoms with E-state index >= 15 is 0 Å². The smallest absolute Gasteiger partial charge is 0.338 e. The van der Waals surface area contributed by atoms with Gasteiger partial charge in [-0.3, -0.25) is 4.98 Å². The van der Waals surface area contributed by atoms with Gasteiger partial charge in [0.15, 0.2) is 0 Å². The summed E-state index contributed by atoms with van der Waals surface area (Å²) in [4.78, 5) is 23.8. The van der Waals surface area contributed by atoms with Gasteiger partial charge < -0.3 is 20.1 Å². The van der Waals surface area contributed by atoms with Crippen molar-refractivity contribution in [1.29, 1.82) is 0 Å². The highest BCUT2D eigenvalue weighted by atomic mass is 79.9. The van der Waals surface area contributed by atoms with E-state index < -0.39 is 16.0 Å². The summed E-state index contributed by atoms with van der Waals surface area (Å²) in [6, 6.07) is 10.2. The lowest BCUT2D eigenvalue weighted by molar-refractivity contribution is 0.0698. The van der Waals surface area contributed by atoms with Crippen molar-refractivity contribution < 1.29 is 23.1 Å². The number of hydrogen-bond donors (Lipinski definition) is 3. The number of pyridine rings is 1. The van der Waals surface area contributed by atoms with Crippen LogP contribution in [0.5, 0.6) is 0 Å². The molecular formula is C23H20BrN5O5S. The van der Waals surface area contributed by atoms with Crippen LogP contribution in [0.25, 0.3) is 22.3 Å². The summed E-state index contributed by atoms with van der Waals surface area (Å²) >= 11 is 3.44. The first-order valence-corrected chi connectivity index (χ1v) is 12.9. The maximum Gasteiger partial charge on any atom is 0.338 e. The van der Waals surface area contributed by atoms with Crippen LogP contribution < -0.4 is 5.32 Å². The van der Waals surface area contributed by atoms with E-state index in [2.05, 4.69) is 36.2 Å². The number of rotatable bonds is 6. The number of carboxylic acids is 1. The lowest BCUT2D eigenvalue weighted by Crippen LogP contribution is -2.40. The Morgan fingerprint density at radius 3 is 2.69 bits per heavy atom. The molecule has 2 aromatic carbocycles. The number of aromatic carboxylic acids is 1. The van der Waals surface area contributed by atoms with Gasteiger partial charge in [-0.15, -0.1) is 0 Å². The standard InChI is InChI=1S/C23H20BrN5O5S/c24-14-4-5-17-16(12-14)21(19(13-27-17)35(32,33)29-8-10-34-11-9-29)28-18-3-1-2-15(20(18)23(30)31)22-25-6-7-26-22/h1-7,12-13H,8-11H2,(H,25,26)(H,27,28)(H,30,31). The van der Waals surface area contributed by atoms with E-state index in [-0.39, 0.29) is 34.9 Å². The van der Waals surface area contributed by atoms with Crippen LogP contribution in [0.1, 0.15) is 10.4 Å². The van der Waals surface area contributed by atoms with Gasteiger partial charge in [0.05, 0.1) is 35.7 Å². The third-order valence-electron chi connectivity index (χ3n) is 5.67. The lowest BCUT2D eigenvalue weighted by Gasteiger charge is -2.27. The second-order valence-electron chi connectivity index (χ2n) is 7.77. The molecule has 4 aromatic rings. The maximum atomic E-state index is 13.6. The number of H-pyrrole nitrogens is 1. The highest BCUT2D eigenvalue weighted by Crippen LogP contribution is 2.37. The molecule has 0 radical (unpaired) electrons. The molecule has 180 valence electrons. The summed E-state index contributed by atoms with van der Waals surface area (Å²) < 4.78 is 34.7. The van der Waals surface area contributed by atoms with Crippen molar-refractivity contribution >= 4 is 54.2 Å². The zero-order valence-electron chi connectivity index (χ0n) is 18.2. The molecule has 1 saturated heterocycles. The molecule has 3 heterocycles. The molecule has 3 N–H and O–H groups in total. The zero-order valence-corrected chi connectivity index (χ0v) is 20.6. The topological polar surface area (TPSA) is 138 Å². The number of hydrogen-bond acceptors (Lipinski definition) is 7. The van der Waals surface area contributed by atoms with Crippen LogP contribution in [0.3, 0.4) is 0 Å². The largest absolute Gasteiger partial charge is 0.478 e. The number of morpholine rings is 1. The fourth-order valence-electron chi connectivity index (χ4n) is 4.03. The predicted molar refractivity (Wildman–Crippen MR) is 133 cm³/mol. The number of imidazole rings is 1. The van der Waals surface area contributed by atoms with E-state index in [1.807, 2.05) is 0 Å². The van der Waals surface area contributed by atoms with E-state index in [9.17, 15) is 18.3 Å². The Kier molecular flexibility index (Phi) is 6.28. The molecule has 0 unspecified atom stereocenters. The van der Waals surface area contributed by atoms with Crippen LogP contribution in [0.15, 0.2) is 64.4 Å². The van der Waals surface area contributed by atoms with Gasteiger partial charge in [0.2, 0.25) is 10.0 Å². The number of carbonyl (C=O) groups is 1. The first-order chi connectivity index (χ1) is 16.9. The molecule has 35 heavy (non-hydrogen) atoms. The van der Waals surface area contributed by atoms with E-state index in [4.69, 9.17) is 4.74 Å². The monoisotopic (exact) mass is 557 g/mol. The summed E-state index contributed by atoms with van der Waals surface area (Å²) in [6.07, 6.45) is 4.43. The number of carboxylic acid groups (broad SMARTS) is 1. The van der Waals surface area contributed by atoms with E-state index in [0.29, 0.717) is 35.5 Å². The number of ether oxygens (including phenoxy) is 1. The number of nitrogens with zero attached hydrogens (tertiary/aromatic N) is 3. The number of benzene rings is 2. The molecule has 1 aliphatic heterocycles. The number of aromatic nitrogens is 3. The lowest BCUT2D eigenvalue weighted by atomic mass is 10.0. The van der Waals surface area contributed by atoms with Crippen LogP contribution in [-0.4, -0.2) is 65.1 Å². The van der Waals surface area contributed by atoms with E-state index in [1.165, 1.54) is 16.7 Å². The highest BCUT2D eigenvalue weighted by molar-refractivity contribution is 9.10. The molecule has 1 fully saturated rings. The van der Waals surface area contributed by atoms with Crippen LogP contribution in [0.4, 0.5) is 11.4 Å². The van der Waals surface area contributed by atoms with Gasteiger partial charge in [-0.05, 0) is 24.3 Å². The molecule has 2 aromatic heterocycles. The summed E-state index contributed by atoms with van der Waals surface area (Å²) in [6.45, 7) is 1.02. The minimum absolute atomic E-state index is 0.0443. The van der Waals surface area contributed by atoms with Crippen LogP contribution in [0, 0.1) is 0 Å². The fraction of sp³-hybridized carbons (Fsp3) is 0.174. The summed E-state index contributed by atoms with van der Waals surface area (Å²) in [5, 5.41) is 13.7. The molecular weight excluding hydrogens is 538 g/mol. The maximum absolute atomic E-state index is 13.6. The van der Waals surface area contributed by atoms with E-state index in [1.54, 1.807) is 42.6 Å². The molecule has 0 aliphatic carbocycles. The molecule has 0 atom stereocenters. The molecule has 10 nitrogen and oxygen atoms in total. The third kappa shape index (κ3) is 4.41. The summed E-state index contributed by atoms with van der Waals surface area (Å²) in [5.74, 6) is -0.800. The van der Waals surface area contributed by atoms with Gasteiger partial charge in [0, 0.05) is 47.1 Å². The zero-order chi connectivity index (χ0) is 24.6. The van der Waals surface area contributed by atoms with E-state index in [0.717, 1.165) is 4.47 Å². The Morgan fingerprint density at radius 1 is 1.17 bits per heavy atom. The van der Waals surface area contributed by atoms with Gasteiger partial charge >= 0.3 is 5.97 Å². The van der Waals surface area contributed by atoms with Crippen molar-refractivity contribution in [3.8, 4) is 11.4 Å². The van der Waals surface area contributed by atoms with Gasteiger partial charge in [-0.25, -0.2) is 18.2 Å². The van der Waals surface area contributed by atoms with Gasteiger partial charge in [0.1, 0.15) is 10.7 Å². The summed E-state index contributed by atoms with van der Waals surface area (Å²) in [7, 11) is -3.96. The SMILES string of the molecule is O=C(O)c1c(Nc2c(S(=O)(=O)N3CCOCC3)cnc3ccc(Br)cc23)cccc1-c1ncc[nH]1. The van der Waals surface area contributed by atoms with Crippen LogP contribution >= 0.6 is 15.9 Å². The number of fused-ring (bicyclic) bond motifs is 1. The Bertz CT molecular complexity index is 1520. The fourth-order valence-corrected chi connectivity index (χ4v) is 5.90. The van der Waals surface area contributed by atoms with Gasteiger partial charge in [0.25, 0.3) is 0 Å². The third-order valence-corrected chi connectivity index (χ3v) is 8.08. The number of nitrogens with one attached hydrogen (secondary N) is 2. The Balaban J connectivity index is 1.72. The molecule has 0 amide bonds. The molecule has 5 rings (SSSR count). The van der Waals surface area contributed by atoms with Gasteiger partial charge in [-0.1, -0.05) is 28.1 Å². The first-order valence-electron chi connectivity index (χ1n) is 10.7. The number of aromatic amines is 1. The first kappa shape index (κ1) is 23.4. The molecule has 0 saturated carbocycles. The van der Waals surface area contributed by atoms with Crippen LogP contribution in [-0.2, 0) is 14.8 Å². The molecule has 0 spiro atoms. The second-order valence-corrected chi connectivity index (χ2v) is 10.6. The minimum atomic E-state index is -3.96. The molecule has 0 bridgehead atoms. The van der Waals surface area contributed by atoms with Crippen molar-refractivity contribution in [3.63, 3.8) is 0 Å². The Labute approximate surface area is 209 Å². The normalized spacial score (nSPS) is 14.8. The van der Waals surface area contributed by atoms with Crippen molar-refractivity contribution in [2.75, 3.05) is 31.6 Å². The number of sulfonamides is 1. The average molecular weight is 558 g/mol. The molecule has 12 heteroatoms. The van der Waals surface area contributed by atoms with Crippen molar-refractivity contribution in [2.24, 2.45) is 0 Å². The van der Waals surface area contributed by atoms with Gasteiger partial charge in [-0.2, -0.15) is 4.31 Å².